The zero-order valence-electron chi connectivity index (χ0n) is 14.8. The quantitative estimate of drug-likeness (QED) is 0.899. The molecule has 2 saturated heterocycles. The number of anilines is 1. The van der Waals surface area contributed by atoms with Crippen molar-refractivity contribution in [2.75, 3.05) is 44.7 Å². The smallest absolute Gasteiger partial charge is 0.224 e. The highest BCUT2D eigenvalue weighted by Crippen LogP contribution is 2.22. The lowest BCUT2D eigenvalue weighted by molar-refractivity contribution is -0.125. The normalized spacial score (nSPS) is 23.2. The lowest BCUT2D eigenvalue weighted by Gasteiger charge is -2.33. The fourth-order valence-corrected chi connectivity index (χ4v) is 3.83. The molecule has 1 N–H and O–H groups in total. The standard InChI is InChI=1S/C19H30N4O/c1-22-13-8-16(9-14-22)7-11-21-19(24)17-5-4-12-23(15-17)18-6-2-3-10-20-18/h2-3,6,10,16-17H,4-5,7-9,11-15H2,1H3,(H,21,24). The fourth-order valence-electron chi connectivity index (χ4n) is 3.83. The van der Waals surface area contributed by atoms with Crippen LogP contribution in [0.1, 0.15) is 32.1 Å². The van der Waals surface area contributed by atoms with Crippen molar-refractivity contribution in [1.82, 2.24) is 15.2 Å². The van der Waals surface area contributed by atoms with Crippen molar-refractivity contribution in [2.45, 2.75) is 32.1 Å². The monoisotopic (exact) mass is 330 g/mol. The van der Waals surface area contributed by atoms with E-state index < -0.39 is 0 Å². The lowest BCUT2D eigenvalue weighted by atomic mass is 9.93. The van der Waals surface area contributed by atoms with Crippen molar-refractivity contribution in [1.29, 1.82) is 0 Å². The molecule has 0 bridgehead atoms. The largest absolute Gasteiger partial charge is 0.356 e. The molecule has 132 valence electrons. The van der Waals surface area contributed by atoms with E-state index in [9.17, 15) is 4.79 Å². The van der Waals surface area contributed by atoms with Crippen LogP contribution in [-0.4, -0.2) is 55.6 Å². The van der Waals surface area contributed by atoms with E-state index in [0.717, 1.165) is 50.6 Å². The molecule has 0 radical (unpaired) electrons. The van der Waals surface area contributed by atoms with E-state index in [4.69, 9.17) is 0 Å². The number of carbonyl (C=O) groups is 1. The summed E-state index contributed by atoms with van der Waals surface area (Å²) in [5.74, 6) is 2.08. The van der Waals surface area contributed by atoms with Gasteiger partial charge in [0.25, 0.3) is 0 Å². The molecule has 1 unspecified atom stereocenters. The van der Waals surface area contributed by atoms with Crippen molar-refractivity contribution < 1.29 is 4.79 Å². The number of hydrogen-bond donors (Lipinski definition) is 1. The highest BCUT2D eigenvalue weighted by Gasteiger charge is 2.26. The Kier molecular flexibility index (Phi) is 6.07. The third-order valence-electron chi connectivity index (χ3n) is 5.46. The second kappa shape index (κ2) is 8.47. The summed E-state index contributed by atoms with van der Waals surface area (Å²) < 4.78 is 0. The second-order valence-corrected chi connectivity index (χ2v) is 7.30. The highest BCUT2D eigenvalue weighted by atomic mass is 16.1. The molecule has 5 nitrogen and oxygen atoms in total. The van der Waals surface area contributed by atoms with Crippen molar-refractivity contribution in [3.05, 3.63) is 24.4 Å². The van der Waals surface area contributed by atoms with Gasteiger partial charge in [-0.1, -0.05) is 6.07 Å². The Balaban J connectivity index is 1.41. The molecular formula is C19H30N4O. The number of nitrogens with zero attached hydrogens (tertiary/aromatic N) is 3. The summed E-state index contributed by atoms with van der Waals surface area (Å²) in [6.07, 6.45) is 7.52. The number of rotatable bonds is 5. The zero-order valence-corrected chi connectivity index (χ0v) is 14.8. The molecule has 0 saturated carbocycles. The third kappa shape index (κ3) is 4.69. The summed E-state index contributed by atoms with van der Waals surface area (Å²) in [4.78, 5) is 21.6. The van der Waals surface area contributed by atoms with Gasteiger partial charge in [-0.2, -0.15) is 0 Å². The molecule has 0 spiro atoms. The first-order valence-electron chi connectivity index (χ1n) is 9.34. The molecule has 0 aliphatic carbocycles. The van der Waals surface area contributed by atoms with Gasteiger partial charge in [0.15, 0.2) is 0 Å². The molecule has 5 heteroatoms. The molecule has 1 aromatic heterocycles. The van der Waals surface area contributed by atoms with Crippen molar-refractivity contribution in [3.8, 4) is 0 Å². The average Bonchev–Trinajstić information content (AvgIpc) is 2.64. The van der Waals surface area contributed by atoms with Crippen LogP contribution in [0.15, 0.2) is 24.4 Å². The average molecular weight is 330 g/mol. The third-order valence-corrected chi connectivity index (χ3v) is 5.46. The summed E-state index contributed by atoms with van der Waals surface area (Å²) >= 11 is 0. The van der Waals surface area contributed by atoms with Gasteiger partial charge < -0.3 is 15.1 Å². The molecule has 3 heterocycles. The van der Waals surface area contributed by atoms with Gasteiger partial charge in [-0.3, -0.25) is 4.79 Å². The molecule has 2 aliphatic rings. The van der Waals surface area contributed by atoms with Gasteiger partial charge in [-0.25, -0.2) is 4.98 Å². The van der Waals surface area contributed by atoms with Gasteiger partial charge in [0, 0.05) is 25.8 Å². The number of carbonyl (C=O) groups excluding carboxylic acids is 1. The maximum absolute atomic E-state index is 12.5. The number of piperidine rings is 2. The minimum Gasteiger partial charge on any atom is -0.356 e. The topological polar surface area (TPSA) is 48.5 Å². The maximum Gasteiger partial charge on any atom is 0.224 e. The van der Waals surface area contributed by atoms with E-state index in [-0.39, 0.29) is 11.8 Å². The van der Waals surface area contributed by atoms with Crippen LogP contribution in [-0.2, 0) is 4.79 Å². The molecule has 3 rings (SSSR count). The molecule has 1 amide bonds. The number of likely N-dealkylation sites (tertiary alicyclic amines) is 1. The summed E-state index contributed by atoms with van der Waals surface area (Å²) in [5, 5.41) is 3.18. The Labute approximate surface area is 145 Å². The van der Waals surface area contributed by atoms with Crippen molar-refractivity contribution in [2.24, 2.45) is 11.8 Å². The van der Waals surface area contributed by atoms with E-state index in [1.807, 2.05) is 24.4 Å². The van der Waals surface area contributed by atoms with E-state index >= 15 is 0 Å². The van der Waals surface area contributed by atoms with Gasteiger partial charge >= 0.3 is 0 Å². The minimum absolute atomic E-state index is 0.0956. The number of aromatic nitrogens is 1. The highest BCUT2D eigenvalue weighted by molar-refractivity contribution is 5.79. The summed E-state index contributed by atoms with van der Waals surface area (Å²) in [5.41, 5.74) is 0. The molecule has 1 atom stereocenters. The molecule has 2 fully saturated rings. The SMILES string of the molecule is CN1CCC(CCNC(=O)C2CCCN(c3ccccn3)C2)CC1. The Morgan fingerprint density at radius 1 is 1.25 bits per heavy atom. The van der Waals surface area contributed by atoms with Crippen LogP contribution < -0.4 is 10.2 Å². The Bertz CT molecular complexity index is 513. The van der Waals surface area contributed by atoms with E-state index in [2.05, 4.69) is 27.1 Å². The zero-order chi connectivity index (χ0) is 16.8. The van der Waals surface area contributed by atoms with E-state index in [1.54, 1.807) is 0 Å². The predicted molar refractivity (Wildman–Crippen MR) is 97.0 cm³/mol. The predicted octanol–water partition coefficient (Wildman–Crippen LogP) is 2.15. The van der Waals surface area contributed by atoms with E-state index in [0.29, 0.717) is 0 Å². The first-order valence-corrected chi connectivity index (χ1v) is 9.34. The number of hydrogen-bond acceptors (Lipinski definition) is 4. The fraction of sp³-hybridized carbons (Fsp3) is 0.684. The Hall–Kier alpha value is -1.62. The van der Waals surface area contributed by atoms with Crippen LogP contribution in [0.25, 0.3) is 0 Å². The molecule has 0 aromatic carbocycles. The molecule has 24 heavy (non-hydrogen) atoms. The van der Waals surface area contributed by atoms with Gasteiger partial charge in [0.05, 0.1) is 5.92 Å². The summed E-state index contributed by atoms with van der Waals surface area (Å²) in [7, 11) is 2.19. The van der Waals surface area contributed by atoms with Gasteiger partial charge in [0.2, 0.25) is 5.91 Å². The van der Waals surface area contributed by atoms with Gasteiger partial charge in [-0.05, 0) is 70.3 Å². The van der Waals surface area contributed by atoms with Crippen LogP contribution in [0.2, 0.25) is 0 Å². The number of pyridine rings is 1. The maximum atomic E-state index is 12.5. The van der Waals surface area contributed by atoms with Crippen LogP contribution in [0.5, 0.6) is 0 Å². The van der Waals surface area contributed by atoms with Gasteiger partial charge in [-0.15, -0.1) is 0 Å². The molecular weight excluding hydrogens is 300 g/mol. The minimum atomic E-state index is 0.0956. The van der Waals surface area contributed by atoms with Crippen LogP contribution in [0.4, 0.5) is 5.82 Å². The first-order chi connectivity index (χ1) is 11.7. The Morgan fingerprint density at radius 2 is 2.08 bits per heavy atom. The summed E-state index contributed by atoms with van der Waals surface area (Å²) in [6.45, 7) is 5.00. The lowest BCUT2D eigenvalue weighted by Crippen LogP contribution is -2.44. The molecule has 1 aromatic rings. The summed E-state index contributed by atoms with van der Waals surface area (Å²) in [6, 6.07) is 5.97. The second-order valence-electron chi connectivity index (χ2n) is 7.30. The van der Waals surface area contributed by atoms with Gasteiger partial charge in [0.1, 0.15) is 5.82 Å². The van der Waals surface area contributed by atoms with Crippen LogP contribution in [0.3, 0.4) is 0 Å². The first kappa shape index (κ1) is 17.2. The molecule has 2 aliphatic heterocycles. The van der Waals surface area contributed by atoms with Crippen LogP contribution >= 0.6 is 0 Å². The van der Waals surface area contributed by atoms with Crippen molar-refractivity contribution in [3.63, 3.8) is 0 Å². The number of nitrogens with one attached hydrogen (secondary N) is 1. The van der Waals surface area contributed by atoms with E-state index in [1.165, 1.54) is 25.9 Å². The van der Waals surface area contributed by atoms with Crippen LogP contribution in [0, 0.1) is 11.8 Å². The van der Waals surface area contributed by atoms with Crippen molar-refractivity contribution >= 4 is 11.7 Å². The Morgan fingerprint density at radius 3 is 2.83 bits per heavy atom. The number of amides is 1.